The molecule has 1 unspecified atom stereocenters. The van der Waals surface area contributed by atoms with Gasteiger partial charge in [-0.3, -0.25) is 14.3 Å². The van der Waals surface area contributed by atoms with Gasteiger partial charge in [0.25, 0.3) is 5.91 Å². The van der Waals surface area contributed by atoms with E-state index in [1.54, 1.807) is 41.0 Å². The van der Waals surface area contributed by atoms with Crippen LogP contribution in [-0.2, 0) is 18.3 Å². The average Bonchev–Trinajstić information content (AvgIpc) is 3.19. The Morgan fingerprint density at radius 2 is 1.85 bits per heavy atom. The van der Waals surface area contributed by atoms with Gasteiger partial charge >= 0.3 is 0 Å². The molecule has 0 aliphatic carbocycles. The van der Waals surface area contributed by atoms with Crippen LogP contribution in [0.3, 0.4) is 0 Å². The lowest BCUT2D eigenvalue weighted by Crippen LogP contribution is -2.38. The van der Waals surface area contributed by atoms with E-state index < -0.39 is 0 Å². The summed E-state index contributed by atoms with van der Waals surface area (Å²) in [5, 5.41) is 4.11. The Morgan fingerprint density at radius 3 is 2.52 bits per heavy atom. The SMILES string of the molecule is CCCN1CCN(C(=O)c2ccnn2C)CC(Cc2ccc(-c3ccccc3F)cc2)C1=O. The van der Waals surface area contributed by atoms with E-state index in [1.807, 2.05) is 42.2 Å². The fraction of sp³-hybridized carbons (Fsp3) is 0.346. The number of hydrogen-bond acceptors (Lipinski definition) is 3. The largest absolute Gasteiger partial charge is 0.341 e. The Bertz CT molecular complexity index is 1130. The third kappa shape index (κ3) is 4.97. The molecule has 3 aromatic rings. The molecule has 1 aliphatic rings. The summed E-state index contributed by atoms with van der Waals surface area (Å²) in [5.41, 5.74) is 2.85. The van der Waals surface area contributed by atoms with Crippen LogP contribution >= 0.6 is 0 Å². The standard InChI is InChI=1S/C26H29FN4O2/c1-3-14-30-15-16-31(26(33)24-12-13-28-29(24)2)18-21(25(30)32)17-19-8-10-20(11-9-19)22-6-4-5-7-23(22)27/h4-13,21H,3,14-18H2,1-2H3. The van der Waals surface area contributed by atoms with Gasteiger partial charge in [-0.15, -0.1) is 0 Å². The van der Waals surface area contributed by atoms with Gasteiger partial charge < -0.3 is 9.80 Å². The monoisotopic (exact) mass is 448 g/mol. The van der Waals surface area contributed by atoms with Crippen LogP contribution in [0.1, 0.15) is 29.4 Å². The number of aromatic nitrogens is 2. The molecule has 6 nitrogen and oxygen atoms in total. The zero-order valence-electron chi connectivity index (χ0n) is 19.1. The van der Waals surface area contributed by atoms with Gasteiger partial charge in [-0.1, -0.05) is 49.4 Å². The highest BCUT2D eigenvalue weighted by atomic mass is 19.1. The van der Waals surface area contributed by atoms with Crippen molar-refractivity contribution in [2.75, 3.05) is 26.2 Å². The Morgan fingerprint density at radius 1 is 1.09 bits per heavy atom. The molecular formula is C26H29FN4O2. The van der Waals surface area contributed by atoms with Gasteiger partial charge in [0.15, 0.2) is 0 Å². The summed E-state index contributed by atoms with van der Waals surface area (Å²) in [6.07, 6.45) is 2.99. The first kappa shape index (κ1) is 22.7. The van der Waals surface area contributed by atoms with Crippen molar-refractivity contribution < 1.29 is 14.0 Å². The predicted molar refractivity (Wildman–Crippen MR) is 125 cm³/mol. The number of nitrogens with zero attached hydrogens (tertiary/aromatic N) is 4. The predicted octanol–water partition coefficient (Wildman–Crippen LogP) is 3.78. The van der Waals surface area contributed by atoms with Crippen molar-refractivity contribution in [3.8, 4) is 11.1 Å². The van der Waals surface area contributed by atoms with Crippen molar-refractivity contribution in [3.63, 3.8) is 0 Å². The van der Waals surface area contributed by atoms with Gasteiger partial charge in [-0.2, -0.15) is 5.10 Å². The molecule has 172 valence electrons. The van der Waals surface area contributed by atoms with Crippen molar-refractivity contribution in [1.29, 1.82) is 0 Å². The van der Waals surface area contributed by atoms with Crippen molar-refractivity contribution in [1.82, 2.24) is 19.6 Å². The van der Waals surface area contributed by atoms with E-state index in [9.17, 15) is 14.0 Å². The van der Waals surface area contributed by atoms with Gasteiger partial charge in [0.1, 0.15) is 11.5 Å². The van der Waals surface area contributed by atoms with Gasteiger partial charge in [-0.25, -0.2) is 4.39 Å². The highest BCUT2D eigenvalue weighted by Crippen LogP contribution is 2.25. The number of carbonyl (C=O) groups excluding carboxylic acids is 2. The van der Waals surface area contributed by atoms with Crippen LogP contribution in [0.2, 0.25) is 0 Å². The maximum atomic E-state index is 14.1. The molecule has 0 radical (unpaired) electrons. The summed E-state index contributed by atoms with van der Waals surface area (Å²) in [6.45, 7) is 4.11. The molecule has 7 heteroatoms. The van der Waals surface area contributed by atoms with Gasteiger partial charge in [0.05, 0.1) is 5.92 Å². The number of hydrogen-bond donors (Lipinski definition) is 0. The topological polar surface area (TPSA) is 58.4 Å². The number of benzene rings is 2. The molecule has 1 atom stereocenters. The molecule has 1 saturated heterocycles. The van der Waals surface area contributed by atoms with Gasteiger partial charge in [0, 0.05) is 45.0 Å². The maximum Gasteiger partial charge on any atom is 0.272 e. The van der Waals surface area contributed by atoms with E-state index in [0.717, 1.165) is 17.5 Å². The van der Waals surface area contributed by atoms with E-state index in [2.05, 4.69) is 5.10 Å². The molecule has 0 bridgehead atoms. The Labute approximate surface area is 193 Å². The molecule has 2 heterocycles. The molecule has 0 saturated carbocycles. The summed E-state index contributed by atoms with van der Waals surface area (Å²) >= 11 is 0. The van der Waals surface area contributed by atoms with E-state index in [4.69, 9.17) is 0 Å². The summed E-state index contributed by atoms with van der Waals surface area (Å²) in [5.74, 6) is -0.629. The maximum absolute atomic E-state index is 14.1. The first-order valence-corrected chi connectivity index (χ1v) is 11.4. The van der Waals surface area contributed by atoms with Crippen molar-refractivity contribution in [2.45, 2.75) is 19.8 Å². The van der Waals surface area contributed by atoms with E-state index >= 15 is 0 Å². The van der Waals surface area contributed by atoms with E-state index in [1.165, 1.54) is 6.07 Å². The highest BCUT2D eigenvalue weighted by molar-refractivity contribution is 5.93. The third-order valence-corrected chi connectivity index (χ3v) is 6.18. The molecule has 0 N–H and O–H groups in total. The molecule has 2 aromatic carbocycles. The second-order valence-electron chi connectivity index (χ2n) is 8.49. The molecule has 33 heavy (non-hydrogen) atoms. The smallest absolute Gasteiger partial charge is 0.272 e. The van der Waals surface area contributed by atoms with Crippen LogP contribution in [0, 0.1) is 11.7 Å². The van der Waals surface area contributed by atoms with Gasteiger partial charge in [0.2, 0.25) is 5.91 Å². The lowest BCUT2D eigenvalue weighted by atomic mass is 9.95. The zero-order valence-corrected chi connectivity index (χ0v) is 19.1. The van der Waals surface area contributed by atoms with E-state index in [0.29, 0.717) is 43.9 Å². The minimum Gasteiger partial charge on any atom is -0.341 e. The molecule has 1 aromatic heterocycles. The van der Waals surface area contributed by atoms with Crippen LogP contribution in [0.25, 0.3) is 11.1 Å². The lowest BCUT2D eigenvalue weighted by molar-refractivity contribution is -0.134. The van der Waals surface area contributed by atoms with Crippen LogP contribution in [-0.4, -0.2) is 57.6 Å². The summed E-state index contributed by atoms with van der Waals surface area (Å²) in [7, 11) is 1.74. The number of amides is 2. The number of rotatable bonds is 6. The van der Waals surface area contributed by atoms with Crippen LogP contribution in [0.4, 0.5) is 4.39 Å². The molecule has 1 aliphatic heterocycles. The minimum absolute atomic E-state index is 0.0790. The second-order valence-corrected chi connectivity index (χ2v) is 8.49. The highest BCUT2D eigenvalue weighted by Gasteiger charge is 2.33. The van der Waals surface area contributed by atoms with Crippen molar-refractivity contribution in [3.05, 3.63) is 77.9 Å². The summed E-state index contributed by atoms with van der Waals surface area (Å²) in [4.78, 5) is 30.1. The molecule has 4 rings (SSSR count). The molecule has 0 spiro atoms. The molecular weight excluding hydrogens is 419 g/mol. The number of aryl methyl sites for hydroxylation is 1. The van der Waals surface area contributed by atoms with Crippen LogP contribution < -0.4 is 0 Å². The normalized spacial score (nSPS) is 16.7. The quantitative estimate of drug-likeness (QED) is 0.577. The fourth-order valence-corrected chi connectivity index (χ4v) is 4.42. The van der Waals surface area contributed by atoms with Crippen LogP contribution in [0.15, 0.2) is 60.8 Å². The fourth-order valence-electron chi connectivity index (χ4n) is 4.42. The van der Waals surface area contributed by atoms with Crippen molar-refractivity contribution in [2.24, 2.45) is 13.0 Å². The lowest BCUT2D eigenvalue weighted by Gasteiger charge is -2.24. The van der Waals surface area contributed by atoms with E-state index in [-0.39, 0.29) is 23.5 Å². The Hall–Kier alpha value is -3.48. The summed E-state index contributed by atoms with van der Waals surface area (Å²) in [6, 6.07) is 16.0. The van der Waals surface area contributed by atoms with Crippen LogP contribution in [0.5, 0.6) is 0 Å². The first-order chi connectivity index (χ1) is 16.0. The number of halogens is 1. The van der Waals surface area contributed by atoms with Crippen molar-refractivity contribution >= 4 is 11.8 Å². The Balaban J connectivity index is 1.55. The third-order valence-electron chi connectivity index (χ3n) is 6.18. The first-order valence-electron chi connectivity index (χ1n) is 11.4. The zero-order chi connectivity index (χ0) is 23.4. The number of carbonyl (C=O) groups is 2. The molecule has 1 fully saturated rings. The molecule has 2 amide bonds. The Kier molecular flexibility index (Phi) is 6.87. The average molecular weight is 449 g/mol. The summed E-state index contributed by atoms with van der Waals surface area (Å²) < 4.78 is 15.7. The van der Waals surface area contributed by atoms with Gasteiger partial charge in [-0.05, 0) is 36.1 Å². The second kappa shape index (κ2) is 9.98. The minimum atomic E-state index is -0.337.